The minimum atomic E-state index is -0.826. The Morgan fingerprint density at radius 1 is 1.12 bits per heavy atom. The van der Waals surface area contributed by atoms with Crippen LogP contribution in [-0.4, -0.2) is 23.3 Å². The first kappa shape index (κ1) is 17.6. The third-order valence-electron chi connectivity index (χ3n) is 3.40. The van der Waals surface area contributed by atoms with E-state index in [4.69, 9.17) is 16.3 Å². The molecule has 0 aliphatic rings. The SMILES string of the molecule is CCc1ccc(C(=O)COC(=O)c2ccc(Cl)c([N+](=O)[O-])c2)cc1. The highest BCUT2D eigenvalue weighted by molar-refractivity contribution is 6.32. The second-order valence-corrected chi connectivity index (χ2v) is 5.38. The number of carbonyl (C=O) groups excluding carboxylic acids is 2. The lowest BCUT2D eigenvalue weighted by atomic mass is 10.1. The first-order valence-corrected chi connectivity index (χ1v) is 7.53. The predicted octanol–water partition coefficient (Wildman–Crippen LogP) is 3.85. The number of rotatable bonds is 6. The molecule has 0 aliphatic carbocycles. The standard InChI is InChI=1S/C17H14ClNO5/c1-2-11-3-5-12(6-4-11)16(20)10-24-17(21)13-7-8-14(18)15(9-13)19(22)23/h3-9H,2,10H2,1H3. The van der Waals surface area contributed by atoms with Crippen LogP contribution in [0.3, 0.4) is 0 Å². The van der Waals surface area contributed by atoms with E-state index in [9.17, 15) is 19.7 Å². The van der Waals surface area contributed by atoms with E-state index in [0.29, 0.717) is 5.56 Å². The van der Waals surface area contributed by atoms with Crippen LogP contribution in [0.15, 0.2) is 42.5 Å². The van der Waals surface area contributed by atoms with Gasteiger partial charge < -0.3 is 4.74 Å². The molecule has 0 aliphatic heterocycles. The number of Topliss-reactive ketones (excluding diaryl/α,β-unsaturated/α-hetero) is 1. The van der Waals surface area contributed by atoms with Gasteiger partial charge in [-0.1, -0.05) is 42.8 Å². The smallest absolute Gasteiger partial charge is 0.338 e. The van der Waals surface area contributed by atoms with Gasteiger partial charge >= 0.3 is 5.97 Å². The molecular weight excluding hydrogens is 334 g/mol. The maximum absolute atomic E-state index is 12.0. The van der Waals surface area contributed by atoms with Crippen molar-refractivity contribution in [1.29, 1.82) is 0 Å². The maximum Gasteiger partial charge on any atom is 0.338 e. The van der Waals surface area contributed by atoms with Crippen LogP contribution >= 0.6 is 11.6 Å². The minimum absolute atomic E-state index is 0.0415. The molecule has 24 heavy (non-hydrogen) atoms. The monoisotopic (exact) mass is 347 g/mol. The first-order chi connectivity index (χ1) is 11.4. The normalized spacial score (nSPS) is 10.2. The Morgan fingerprint density at radius 3 is 2.33 bits per heavy atom. The fraction of sp³-hybridized carbons (Fsp3) is 0.176. The summed E-state index contributed by atoms with van der Waals surface area (Å²) in [5, 5.41) is 10.7. The first-order valence-electron chi connectivity index (χ1n) is 7.15. The van der Waals surface area contributed by atoms with Gasteiger partial charge in [0.15, 0.2) is 12.4 Å². The van der Waals surface area contributed by atoms with Gasteiger partial charge in [-0.2, -0.15) is 0 Å². The van der Waals surface area contributed by atoms with E-state index in [1.807, 2.05) is 19.1 Å². The second kappa shape index (κ2) is 7.70. The number of benzene rings is 2. The minimum Gasteiger partial charge on any atom is -0.454 e. The van der Waals surface area contributed by atoms with Crippen LogP contribution in [-0.2, 0) is 11.2 Å². The predicted molar refractivity (Wildman–Crippen MR) is 88.5 cm³/mol. The topological polar surface area (TPSA) is 86.5 Å². The molecule has 0 fully saturated rings. The van der Waals surface area contributed by atoms with Gasteiger partial charge in [0.05, 0.1) is 10.5 Å². The van der Waals surface area contributed by atoms with Crippen LogP contribution in [0.25, 0.3) is 0 Å². The Hall–Kier alpha value is -2.73. The van der Waals surface area contributed by atoms with Gasteiger partial charge in [0.1, 0.15) is 5.02 Å². The number of ether oxygens (including phenoxy) is 1. The highest BCUT2D eigenvalue weighted by atomic mass is 35.5. The van der Waals surface area contributed by atoms with Gasteiger partial charge in [-0.05, 0) is 24.1 Å². The number of nitro groups is 1. The van der Waals surface area contributed by atoms with E-state index in [0.717, 1.165) is 18.1 Å². The molecule has 0 amide bonds. The molecule has 0 heterocycles. The zero-order chi connectivity index (χ0) is 17.7. The summed E-state index contributed by atoms with van der Waals surface area (Å²) in [7, 11) is 0. The van der Waals surface area contributed by atoms with Gasteiger partial charge in [0.2, 0.25) is 0 Å². The lowest BCUT2D eigenvalue weighted by molar-refractivity contribution is -0.384. The molecule has 2 rings (SSSR count). The number of nitro benzene ring substituents is 1. The third-order valence-corrected chi connectivity index (χ3v) is 3.72. The van der Waals surface area contributed by atoms with Gasteiger partial charge in [-0.25, -0.2) is 4.79 Å². The van der Waals surface area contributed by atoms with E-state index in [1.165, 1.54) is 12.1 Å². The van der Waals surface area contributed by atoms with E-state index in [2.05, 4.69) is 0 Å². The van der Waals surface area contributed by atoms with Crippen LogP contribution in [0.2, 0.25) is 5.02 Å². The number of hydrogen-bond donors (Lipinski definition) is 0. The largest absolute Gasteiger partial charge is 0.454 e. The number of hydrogen-bond acceptors (Lipinski definition) is 5. The Bertz CT molecular complexity index is 786. The Balaban J connectivity index is 2.03. The summed E-state index contributed by atoms with van der Waals surface area (Å²) < 4.78 is 4.92. The number of carbonyl (C=O) groups is 2. The zero-order valence-electron chi connectivity index (χ0n) is 12.8. The molecule has 124 valence electrons. The van der Waals surface area contributed by atoms with Crippen molar-refractivity contribution >= 4 is 29.0 Å². The molecule has 2 aromatic rings. The van der Waals surface area contributed by atoms with Crippen molar-refractivity contribution in [2.45, 2.75) is 13.3 Å². The van der Waals surface area contributed by atoms with Crippen LogP contribution in [0.4, 0.5) is 5.69 Å². The summed E-state index contributed by atoms with van der Waals surface area (Å²) in [6.45, 7) is 1.56. The maximum atomic E-state index is 12.0. The Labute approximate surface area is 143 Å². The average molecular weight is 348 g/mol. The molecule has 0 aromatic heterocycles. The van der Waals surface area contributed by atoms with Crippen LogP contribution < -0.4 is 0 Å². The van der Waals surface area contributed by atoms with Crippen molar-refractivity contribution in [3.63, 3.8) is 0 Å². The molecule has 0 atom stereocenters. The van der Waals surface area contributed by atoms with E-state index in [-0.39, 0.29) is 16.4 Å². The van der Waals surface area contributed by atoms with Crippen molar-refractivity contribution in [3.05, 3.63) is 74.3 Å². The molecule has 6 nitrogen and oxygen atoms in total. The summed E-state index contributed by atoms with van der Waals surface area (Å²) in [6.07, 6.45) is 0.860. The zero-order valence-corrected chi connectivity index (χ0v) is 13.6. The van der Waals surface area contributed by atoms with Crippen molar-refractivity contribution in [2.75, 3.05) is 6.61 Å². The molecule has 0 unspecified atom stereocenters. The molecule has 0 spiro atoms. The lowest BCUT2D eigenvalue weighted by Gasteiger charge is -2.05. The van der Waals surface area contributed by atoms with Crippen molar-refractivity contribution in [1.82, 2.24) is 0 Å². The van der Waals surface area contributed by atoms with E-state index in [1.54, 1.807) is 12.1 Å². The van der Waals surface area contributed by atoms with E-state index < -0.39 is 23.2 Å². The number of ketones is 1. The van der Waals surface area contributed by atoms with Gasteiger partial charge in [-0.3, -0.25) is 14.9 Å². The quantitative estimate of drug-likeness (QED) is 0.343. The molecule has 0 saturated heterocycles. The summed E-state index contributed by atoms with van der Waals surface area (Å²) >= 11 is 5.68. The summed E-state index contributed by atoms with van der Waals surface area (Å²) in [4.78, 5) is 34.0. The summed E-state index contributed by atoms with van der Waals surface area (Å²) in [5.74, 6) is -1.18. The number of esters is 1. The average Bonchev–Trinajstić information content (AvgIpc) is 2.59. The van der Waals surface area contributed by atoms with Gasteiger partial charge in [0, 0.05) is 11.6 Å². The van der Waals surface area contributed by atoms with E-state index >= 15 is 0 Å². The summed E-state index contributed by atoms with van der Waals surface area (Å²) in [5.41, 5.74) is 1.09. The fourth-order valence-corrected chi connectivity index (χ4v) is 2.19. The van der Waals surface area contributed by atoms with Gasteiger partial charge in [-0.15, -0.1) is 0 Å². The second-order valence-electron chi connectivity index (χ2n) is 4.97. The molecule has 0 N–H and O–H groups in total. The highest BCUT2D eigenvalue weighted by Gasteiger charge is 2.18. The van der Waals surface area contributed by atoms with Crippen molar-refractivity contribution in [3.8, 4) is 0 Å². The molecular formula is C17H14ClNO5. The fourth-order valence-electron chi connectivity index (χ4n) is 2.00. The highest BCUT2D eigenvalue weighted by Crippen LogP contribution is 2.25. The molecule has 2 aromatic carbocycles. The number of aryl methyl sites for hydroxylation is 1. The van der Waals surface area contributed by atoms with Crippen LogP contribution in [0, 0.1) is 10.1 Å². The molecule has 0 saturated carbocycles. The molecule has 0 bridgehead atoms. The Morgan fingerprint density at radius 2 is 1.75 bits per heavy atom. The van der Waals surface area contributed by atoms with Crippen molar-refractivity contribution in [2.24, 2.45) is 0 Å². The number of halogens is 1. The van der Waals surface area contributed by atoms with Crippen LogP contribution in [0.5, 0.6) is 0 Å². The van der Waals surface area contributed by atoms with Crippen LogP contribution in [0.1, 0.15) is 33.2 Å². The third kappa shape index (κ3) is 4.17. The lowest BCUT2D eigenvalue weighted by Crippen LogP contribution is -2.14. The number of nitrogens with zero attached hydrogens (tertiary/aromatic N) is 1. The molecule has 7 heteroatoms. The Kier molecular flexibility index (Phi) is 5.65. The summed E-state index contributed by atoms with van der Waals surface area (Å²) in [6, 6.07) is 10.6. The van der Waals surface area contributed by atoms with Gasteiger partial charge in [0.25, 0.3) is 5.69 Å². The molecule has 0 radical (unpaired) electrons. The van der Waals surface area contributed by atoms with Crippen molar-refractivity contribution < 1.29 is 19.2 Å².